The molecule has 0 unspecified atom stereocenters. The Hall–Kier alpha value is -2.69. The average Bonchev–Trinajstić information content (AvgIpc) is 2.70. The fraction of sp³-hybridized carbons (Fsp3) is 0.381. The zero-order valence-corrected chi connectivity index (χ0v) is 15.7. The molecule has 1 aliphatic carbocycles. The van der Waals surface area contributed by atoms with Gasteiger partial charge in [-0.2, -0.15) is 0 Å². The molecule has 5 heteroatoms. The van der Waals surface area contributed by atoms with Gasteiger partial charge >= 0.3 is 0 Å². The highest BCUT2D eigenvalue weighted by molar-refractivity contribution is 5.95. The van der Waals surface area contributed by atoms with E-state index in [1.165, 1.54) is 11.1 Å². The van der Waals surface area contributed by atoms with Gasteiger partial charge in [-0.15, -0.1) is 0 Å². The summed E-state index contributed by atoms with van der Waals surface area (Å²) in [5.74, 6) is 1.38. The fourth-order valence-corrected chi connectivity index (χ4v) is 3.68. The largest absolute Gasteiger partial charge is 0.493 e. The minimum atomic E-state index is -0.0639. The second-order valence-electron chi connectivity index (χ2n) is 6.44. The molecule has 2 aromatic rings. The van der Waals surface area contributed by atoms with E-state index in [0.717, 1.165) is 19.3 Å². The molecule has 0 radical (unpaired) electrons. The SMILES string of the molecule is COc1cc(C(=O)N(C)[C@@H]2CCCc3ccccc32)cc(OC)c1OC. The Labute approximate surface area is 154 Å². The number of nitrogens with zero attached hydrogens (tertiary/aromatic N) is 1. The first-order chi connectivity index (χ1) is 12.6. The lowest BCUT2D eigenvalue weighted by atomic mass is 9.87. The molecule has 0 bridgehead atoms. The predicted molar refractivity (Wildman–Crippen MR) is 100 cm³/mol. The molecule has 1 atom stereocenters. The van der Waals surface area contributed by atoms with Gasteiger partial charge in [-0.05, 0) is 42.5 Å². The third kappa shape index (κ3) is 3.21. The van der Waals surface area contributed by atoms with Crippen LogP contribution in [0.2, 0.25) is 0 Å². The first-order valence-electron chi connectivity index (χ1n) is 8.75. The van der Waals surface area contributed by atoms with E-state index < -0.39 is 0 Å². The zero-order valence-electron chi connectivity index (χ0n) is 15.7. The Morgan fingerprint density at radius 3 is 2.31 bits per heavy atom. The van der Waals surface area contributed by atoms with Gasteiger partial charge in [-0.25, -0.2) is 0 Å². The minimum Gasteiger partial charge on any atom is -0.493 e. The van der Waals surface area contributed by atoms with Crippen molar-refractivity contribution in [2.75, 3.05) is 28.4 Å². The number of aryl methyl sites for hydroxylation is 1. The Bertz CT molecular complexity index is 777. The highest BCUT2D eigenvalue weighted by Gasteiger charge is 2.28. The van der Waals surface area contributed by atoms with Gasteiger partial charge in [0, 0.05) is 12.6 Å². The van der Waals surface area contributed by atoms with Crippen LogP contribution in [0.25, 0.3) is 0 Å². The summed E-state index contributed by atoms with van der Waals surface area (Å²) in [6.07, 6.45) is 3.11. The quantitative estimate of drug-likeness (QED) is 0.817. The average molecular weight is 355 g/mol. The number of hydrogen-bond donors (Lipinski definition) is 0. The summed E-state index contributed by atoms with van der Waals surface area (Å²) in [5, 5.41) is 0. The summed E-state index contributed by atoms with van der Waals surface area (Å²) in [5.41, 5.74) is 3.08. The van der Waals surface area contributed by atoms with Crippen LogP contribution in [-0.2, 0) is 6.42 Å². The van der Waals surface area contributed by atoms with Crippen molar-refractivity contribution in [1.29, 1.82) is 0 Å². The zero-order chi connectivity index (χ0) is 18.7. The molecule has 0 spiro atoms. The summed E-state index contributed by atoms with van der Waals surface area (Å²) in [6, 6.07) is 11.9. The third-order valence-corrected chi connectivity index (χ3v) is 5.04. The molecule has 1 aliphatic rings. The fourth-order valence-electron chi connectivity index (χ4n) is 3.68. The van der Waals surface area contributed by atoms with Gasteiger partial charge < -0.3 is 19.1 Å². The summed E-state index contributed by atoms with van der Waals surface area (Å²) >= 11 is 0. The number of fused-ring (bicyclic) bond motifs is 1. The van der Waals surface area contributed by atoms with E-state index in [-0.39, 0.29) is 11.9 Å². The van der Waals surface area contributed by atoms with Crippen molar-refractivity contribution in [3.05, 3.63) is 53.1 Å². The van der Waals surface area contributed by atoms with Gasteiger partial charge in [0.2, 0.25) is 5.75 Å². The van der Waals surface area contributed by atoms with E-state index in [9.17, 15) is 4.79 Å². The van der Waals surface area contributed by atoms with Crippen LogP contribution in [-0.4, -0.2) is 39.2 Å². The first kappa shape index (κ1) is 18.1. The number of benzene rings is 2. The van der Waals surface area contributed by atoms with Gasteiger partial charge in [-0.1, -0.05) is 24.3 Å². The van der Waals surface area contributed by atoms with Gasteiger partial charge in [-0.3, -0.25) is 4.79 Å². The topological polar surface area (TPSA) is 48.0 Å². The second-order valence-corrected chi connectivity index (χ2v) is 6.44. The normalized spacial score (nSPS) is 15.8. The number of carbonyl (C=O) groups excluding carboxylic acids is 1. The lowest BCUT2D eigenvalue weighted by Crippen LogP contribution is -2.33. The van der Waals surface area contributed by atoms with E-state index >= 15 is 0 Å². The second kappa shape index (κ2) is 7.68. The van der Waals surface area contributed by atoms with Crippen LogP contribution in [0.1, 0.15) is 40.4 Å². The number of rotatable bonds is 5. The Balaban J connectivity index is 1.95. The van der Waals surface area contributed by atoms with Crippen molar-refractivity contribution in [1.82, 2.24) is 4.90 Å². The molecule has 0 saturated carbocycles. The highest BCUT2D eigenvalue weighted by atomic mass is 16.5. The van der Waals surface area contributed by atoms with E-state index in [1.54, 1.807) is 33.5 Å². The van der Waals surface area contributed by atoms with Crippen molar-refractivity contribution >= 4 is 5.91 Å². The van der Waals surface area contributed by atoms with Crippen LogP contribution in [0.15, 0.2) is 36.4 Å². The number of hydrogen-bond acceptors (Lipinski definition) is 4. The van der Waals surface area contributed by atoms with Crippen molar-refractivity contribution in [2.45, 2.75) is 25.3 Å². The number of methoxy groups -OCH3 is 3. The Kier molecular flexibility index (Phi) is 5.35. The third-order valence-electron chi connectivity index (χ3n) is 5.04. The van der Waals surface area contributed by atoms with Crippen molar-refractivity contribution in [3.8, 4) is 17.2 Å². The summed E-state index contributed by atoms with van der Waals surface area (Å²) in [7, 11) is 6.50. The minimum absolute atomic E-state index is 0.0639. The molecule has 0 fully saturated rings. The van der Waals surface area contributed by atoms with Crippen molar-refractivity contribution in [2.24, 2.45) is 0 Å². The molecular weight excluding hydrogens is 330 g/mol. The lowest BCUT2D eigenvalue weighted by molar-refractivity contribution is 0.0714. The molecule has 0 saturated heterocycles. The van der Waals surface area contributed by atoms with Crippen LogP contribution in [0, 0.1) is 0 Å². The molecule has 0 aliphatic heterocycles. The van der Waals surface area contributed by atoms with Crippen LogP contribution in [0.4, 0.5) is 0 Å². The molecular formula is C21H25NO4. The number of ether oxygens (including phenoxy) is 3. The number of amides is 1. The summed E-state index contributed by atoms with van der Waals surface area (Å²) in [6.45, 7) is 0. The van der Waals surface area contributed by atoms with Crippen molar-refractivity contribution < 1.29 is 19.0 Å². The lowest BCUT2D eigenvalue weighted by Gasteiger charge is -2.33. The van der Waals surface area contributed by atoms with E-state index in [1.807, 2.05) is 18.0 Å². The van der Waals surface area contributed by atoms with Gasteiger partial charge in [0.25, 0.3) is 5.91 Å². The predicted octanol–water partition coefficient (Wildman–Crippen LogP) is 3.86. The first-order valence-corrected chi connectivity index (χ1v) is 8.75. The highest BCUT2D eigenvalue weighted by Crippen LogP contribution is 2.39. The molecule has 0 aromatic heterocycles. The molecule has 1 amide bonds. The standard InChI is InChI=1S/C21H25NO4/c1-22(17-11-7-9-14-8-5-6-10-16(14)17)21(23)15-12-18(24-2)20(26-4)19(13-15)25-3/h5-6,8,10,12-13,17H,7,9,11H2,1-4H3/t17-/m1/s1. The molecule has 26 heavy (non-hydrogen) atoms. The van der Waals surface area contributed by atoms with Crippen molar-refractivity contribution in [3.63, 3.8) is 0 Å². The van der Waals surface area contributed by atoms with Crippen LogP contribution < -0.4 is 14.2 Å². The summed E-state index contributed by atoms with van der Waals surface area (Å²) < 4.78 is 16.1. The Morgan fingerprint density at radius 2 is 1.69 bits per heavy atom. The van der Waals surface area contributed by atoms with Gasteiger partial charge in [0.05, 0.1) is 27.4 Å². The molecule has 138 valence electrons. The maximum absolute atomic E-state index is 13.2. The maximum Gasteiger partial charge on any atom is 0.254 e. The molecule has 3 rings (SSSR count). The van der Waals surface area contributed by atoms with Crippen LogP contribution >= 0.6 is 0 Å². The smallest absolute Gasteiger partial charge is 0.254 e. The molecule has 2 aromatic carbocycles. The molecule has 0 heterocycles. The monoisotopic (exact) mass is 355 g/mol. The van der Waals surface area contributed by atoms with Gasteiger partial charge in [0.15, 0.2) is 11.5 Å². The summed E-state index contributed by atoms with van der Waals surface area (Å²) in [4.78, 5) is 15.0. The Morgan fingerprint density at radius 1 is 1.04 bits per heavy atom. The van der Waals surface area contributed by atoms with Crippen LogP contribution in [0.3, 0.4) is 0 Å². The van der Waals surface area contributed by atoms with Crippen LogP contribution in [0.5, 0.6) is 17.2 Å². The van der Waals surface area contributed by atoms with E-state index in [2.05, 4.69) is 18.2 Å². The maximum atomic E-state index is 13.2. The van der Waals surface area contributed by atoms with Gasteiger partial charge in [0.1, 0.15) is 0 Å². The molecule has 5 nitrogen and oxygen atoms in total. The molecule has 0 N–H and O–H groups in total. The van der Waals surface area contributed by atoms with E-state index in [4.69, 9.17) is 14.2 Å². The van der Waals surface area contributed by atoms with E-state index in [0.29, 0.717) is 22.8 Å². The number of carbonyl (C=O) groups is 1.